The molecule has 30 heavy (non-hydrogen) atoms. The number of aryl methyl sites for hydroxylation is 1. The van der Waals surface area contributed by atoms with Crippen LogP contribution in [0.2, 0.25) is 0 Å². The molecule has 1 N–H and O–H groups in total. The van der Waals surface area contributed by atoms with Crippen molar-refractivity contribution >= 4 is 34.3 Å². The third-order valence-electron chi connectivity index (χ3n) is 6.56. The van der Waals surface area contributed by atoms with Crippen LogP contribution in [0, 0.1) is 6.92 Å². The van der Waals surface area contributed by atoms with E-state index in [1.165, 1.54) is 6.42 Å². The summed E-state index contributed by atoms with van der Waals surface area (Å²) in [5.74, 6) is 0.615. The van der Waals surface area contributed by atoms with Crippen molar-refractivity contribution in [3.8, 4) is 0 Å². The Morgan fingerprint density at radius 1 is 1.30 bits per heavy atom. The van der Waals surface area contributed by atoms with Gasteiger partial charge in [-0.05, 0) is 38.1 Å². The number of nitrogens with one attached hydrogen (secondary N) is 1. The molecular formula is C23H27N3O3S. The Balaban J connectivity index is 1.54. The van der Waals surface area contributed by atoms with E-state index in [1.807, 2.05) is 48.1 Å². The molecule has 0 radical (unpaired) electrons. The summed E-state index contributed by atoms with van der Waals surface area (Å²) in [4.78, 5) is 30.0. The Labute approximate surface area is 179 Å². The molecule has 5 rings (SSSR count). The smallest absolute Gasteiger partial charge is 0.271 e. The third-order valence-corrected chi connectivity index (χ3v) is 7.42. The zero-order valence-corrected chi connectivity index (χ0v) is 18.3. The van der Waals surface area contributed by atoms with Crippen LogP contribution in [0.25, 0.3) is 11.1 Å². The monoisotopic (exact) mass is 425 g/mol. The van der Waals surface area contributed by atoms with E-state index in [0.29, 0.717) is 24.4 Å². The number of carbonyl (C=O) groups is 2. The molecule has 0 spiro atoms. The van der Waals surface area contributed by atoms with Gasteiger partial charge in [-0.1, -0.05) is 25.3 Å². The Hall–Kier alpha value is -2.54. The molecule has 0 aromatic carbocycles. The first-order valence-corrected chi connectivity index (χ1v) is 11.6. The first kappa shape index (κ1) is 19.4. The van der Waals surface area contributed by atoms with Gasteiger partial charge in [-0.3, -0.25) is 9.59 Å². The molecule has 2 amide bonds. The number of fused-ring (bicyclic) bond motifs is 3. The Morgan fingerprint density at radius 2 is 2.10 bits per heavy atom. The summed E-state index contributed by atoms with van der Waals surface area (Å²) in [6.45, 7) is 4.64. The summed E-state index contributed by atoms with van der Waals surface area (Å²) in [6.07, 6.45) is 5.56. The Morgan fingerprint density at radius 3 is 2.83 bits per heavy atom. The number of carbonyl (C=O) groups excluding carboxylic acids is 2. The van der Waals surface area contributed by atoms with Crippen molar-refractivity contribution in [2.24, 2.45) is 0 Å². The topological polar surface area (TPSA) is 67.5 Å². The van der Waals surface area contributed by atoms with E-state index in [2.05, 4.69) is 5.32 Å². The zero-order chi connectivity index (χ0) is 20.9. The van der Waals surface area contributed by atoms with Gasteiger partial charge < -0.3 is 19.2 Å². The van der Waals surface area contributed by atoms with Gasteiger partial charge in [-0.15, -0.1) is 11.3 Å². The highest BCUT2D eigenvalue weighted by Gasteiger charge is 2.48. The van der Waals surface area contributed by atoms with Crippen molar-refractivity contribution in [1.82, 2.24) is 14.8 Å². The molecule has 0 unspecified atom stereocenters. The van der Waals surface area contributed by atoms with E-state index >= 15 is 0 Å². The van der Waals surface area contributed by atoms with Crippen LogP contribution < -0.4 is 5.32 Å². The fourth-order valence-corrected chi connectivity index (χ4v) is 5.55. The number of hydrogen-bond donors (Lipinski definition) is 1. The van der Waals surface area contributed by atoms with Gasteiger partial charge in [0.25, 0.3) is 5.91 Å². The largest absolute Gasteiger partial charge is 0.460 e. The van der Waals surface area contributed by atoms with E-state index in [0.717, 1.165) is 41.8 Å². The van der Waals surface area contributed by atoms with Gasteiger partial charge >= 0.3 is 0 Å². The third kappa shape index (κ3) is 3.16. The number of furan rings is 1. The van der Waals surface area contributed by atoms with Crippen molar-refractivity contribution in [2.75, 3.05) is 0 Å². The van der Waals surface area contributed by atoms with E-state index < -0.39 is 5.54 Å². The van der Waals surface area contributed by atoms with Gasteiger partial charge in [-0.2, -0.15) is 0 Å². The van der Waals surface area contributed by atoms with Crippen LogP contribution in [-0.4, -0.2) is 32.9 Å². The van der Waals surface area contributed by atoms with Crippen molar-refractivity contribution < 1.29 is 14.0 Å². The van der Waals surface area contributed by atoms with E-state index in [9.17, 15) is 9.59 Å². The molecule has 6 nitrogen and oxygen atoms in total. The molecule has 1 atom stereocenters. The molecule has 4 heterocycles. The van der Waals surface area contributed by atoms with Crippen LogP contribution in [0.3, 0.4) is 0 Å². The molecule has 1 aliphatic heterocycles. The summed E-state index contributed by atoms with van der Waals surface area (Å²) < 4.78 is 7.73. The van der Waals surface area contributed by atoms with Gasteiger partial charge in [-0.25, -0.2) is 0 Å². The molecule has 7 heteroatoms. The average molecular weight is 426 g/mol. The first-order valence-electron chi connectivity index (χ1n) is 10.7. The summed E-state index contributed by atoms with van der Waals surface area (Å²) in [5, 5.41) is 5.27. The minimum Gasteiger partial charge on any atom is -0.460 e. The molecule has 0 bridgehead atoms. The maximum absolute atomic E-state index is 13.6. The van der Waals surface area contributed by atoms with Gasteiger partial charge in [0, 0.05) is 23.1 Å². The van der Waals surface area contributed by atoms with Gasteiger partial charge in [0.2, 0.25) is 5.91 Å². The molecule has 3 aromatic rings. The molecule has 1 saturated carbocycles. The number of amides is 2. The highest BCUT2D eigenvalue weighted by atomic mass is 32.1. The highest BCUT2D eigenvalue weighted by molar-refractivity contribution is 7.09. The lowest BCUT2D eigenvalue weighted by atomic mass is 9.91. The van der Waals surface area contributed by atoms with Gasteiger partial charge in [0.05, 0.1) is 18.6 Å². The second kappa shape index (κ2) is 7.30. The van der Waals surface area contributed by atoms with Crippen LogP contribution >= 0.6 is 11.3 Å². The molecule has 158 valence electrons. The number of aromatic nitrogens is 1. The zero-order valence-electron chi connectivity index (χ0n) is 17.4. The lowest BCUT2D eigenvalue weighted by Gasteiger charge is -2.44. The van der Waals surface area contributed by atoms with Gasteiger partial charge in [0.1, 0.15) is 17.0 Å². The lowest BCUT2D eigenvalue weighted by Crippen LogP contribution is -2.64. The molecular weight excluding hydrogens is 398 g/mol. The summed E-state index contributed by atoms with van der Waals surface area (Å²) >= 11 is 1.61. The minimum atomic E-state index is -0.970. The second-order valence-electron chi connectivity index (χ2n) is 8.78. The standard InChI is InChI=1S/C23H27N3O3S/c1-15-11-18-20(29-15)12-19-21(27)26(13-17-9-6-10-30-17)23(2,14-25(18)19)22(28)24-16-7-4-3-5-8-16/h6,9-12,16H,3-5,7-8,13-14H2,1-2H3,(H,24,28)/t23-/m1/s1. The first-order chi connectivity index (χ1) is 14.5. The molecule has 0 saturated heterocycles. The number of rotatable bonds is 4. The van der Waals surface area contributed by atoms with Crippen LogP contribution in [-0.2, 0) is 17.9 Å². The predicted molar refractivity (Wildman–Crippen MR) is 117 cm³/mol. The van der Waals surface area contributed by atoms with Crippen molar-refractivity contribution in [3.63, 3.8) is 0 Å². The normalized spacial score (nSPS) is 22.5. The Kier molecular flexibility index (Phi) is 4.73. The van der Waals surface area contributed by atoms with Crippen LogP contribution in [0.1, 0.15) is 60.2 Å². The van der Waals surface area contributed by atoms with Crippen LogP contribution in [0.15, 0.2) is 34.1 Å². The van der Waals surface area contributed by atoms with Crippen molar-refractivity contribution in [1.29, 1.82) is 0 Å². The van der Waals surface area contributed by atoms with Crippen molar-refractivity contribution in [2.45, 2.75) is 70.6 Å². The number of nitrogens with zero attached hydrogens (tertiary/aromatic N) is 2. The fraction of sp³-hybridized carbons (Fsp3) is 0.478. The SMILES string of the molecule is Cc1cc2c(cc3n2C[C@](C)(C(=O)NC2CCCCC2)N(Cc2cccs2)C3=O)o1. The predicted octanol–water partition coefficient (Wildman–Crippen LogP) is 4.47. The number of thiophene rings is 1. The average Bonchev–Trinajstić information content (AvgIpc) is 3.43. The fourth-order valence-electron chi connectivity index (χ4n) is 4.86. The van der Waals surface area contributed by atoms with Crippen LogP contribution in [0.5, 0.6) is 0 Å². The lowest BCUT2D eigenvalue weighted by molar-refractivity contribution is -0.134. The number of hydrogen-bond acceptors (Lipinski definition) is 4. The maximum Gasteiger partial charge on any atom is 0.271 e. The van der Waals surface area contributed by atoms with Crippen LogP contribution in [0.4, 0.5) is 0 Å². The molecule has 2 aliphatic rings. The highest BCUT2D eigenvalue weighted by Crippen LogP contribution is 2.35. The molecule has 1 aliphatic carbocycles. The minimum absolute atomic E-state index is 0.0629. The van der Waals surface area contributed by atoms with Crippen molar-refractivity contribution in [3.05, 3.63) is 46.0 Å². The summed E-state index contributed by atoms with van der Waals surface area (Å²) in [7, 11) is 0. The summed E-state index contributed by atoms with van der Waals surface area (Å²) in [5.41, 5.74) is 1.19. The van der Waals surface area contributed by atoms with E-state index in [4.69, 9.17) is 4.42 Å². The molecule has 3 aromatic heterocycles. The molecule has 1 fully saturated rings. The van der Waals surface area contributed by atoms with Gasteiger partial charge in [0.15, 0.2) is 5.58 Å². The maximum atomic E-state index is 13.6. The van der Waals surface area contributed by atoms with E-state index in [1.54, 1.807) is 16.2 Å². The van der Waals surface area contributed by atoms with E-state index in [-0.39, 0.29) is 17.9 Å². The quantitative estimate of drug-likeness (QED) is 0.671. The Bertz CT molecular complexity index is 1090. The summed E-state index contributed by atoms with van der Waals surface area (Å²) in [6, 6.07) is 7.95. The second-order valence-corrected chi connectivity index (χ2v) is 9.81.